The summed E-state index contributed by atoms with van der Waals surface area (Å²) in [4.78, 5) is 9.36. The van der Waals surface area contributed by atoms with Gasteiger partial charge < -0.3 is 14.4 Å². The Bertz CT molecular complexity index is 2620. The van der Waals surface area contributed by atoms with Crippen LogP contribution in [0.4, 0.5) is 0 Å². The monoisotopic (exact) mass is 886 g/mol. The Labute approximate surface area is 331 Å². The van der Waals surface area contributed by atoms with Gasteiger partial charge in [-0.2, -0.15) is 0 Å². The van der Waals surface area contributed by atoms with E-state index in [1.807, 2.05) is 67.0 Å². The van der Waals surface area contributed by atoms with Gasteiger partial charge in [-0.05, 0) is 71.1 Å². The Morgan fingerprint density at radius 2 is 1.51 bits per heavy atom. The zero-order valence-electron chi connectivity index (χ0n) is 33.2. The van der Waals surface area contributed by atoms with E-state index in [1.54, 1.807) is 6.07 Å². The molecule has 0 saturated heterocycles. The van der Waals surface area contributed by atoms with Crippen molar-refractivity contribution in [2.45, 2.75) is 52.2 Å². The molecule has 5 aromatic carbocycles. The quantitative estimate of drug-likeness (QED) is 0.128. The second-order valence-corrected chi connectivity index (χ2v) is 19.6. The van der Waals surface area contributed by atoms with Crippen LogP contribution in [0.25, 0.3) is 66.7 Å². The molecule has 3 nitrogen and oxygen atoms in total. The van der Waals surface area contributed by atoms with Crippen molar-refractivity contribution in [3.8, 4) is 44.8 Å². The van der Waals surface area contributed by atoms with Crippen molar-refractivity contribution in [1.29, 1.82) is 0 Å². The molecular weight excluding hydrogens is 841 g/mol. The number of aryl methyl sites for hydroxylation is 2. The zero-order valence-corrected chi connectivity index (χ0v) is 33.6. The molecule has 0 saturated carbocycles. The molecule has 9 rings (SSSR count). The average Bonchev–Trinajstić information content (AvgIpc) is 3.59. The minimum Gasteiger partial charge on any atom is -0.501 e. The van der Waals surface area contributed by atoms with E-state index in [4.69, 9.17) is 13.5 Å². The number of benzene rings is 5. The summed E-state index contributed by atoms with van der Waals surface area (Å²) in [6.07, 6.45) is 8.58. The Balaban J connectivity index is 0.000000170. The van der Waals surface area contributed by atoms with Crippen LogP contribution in [0.2, 0.25) is 19.6 Å². The molecular formula is C48H42IrN2OSi-2. The number of hydrogen-bond donors (Lipinski definition) is 0. The van der Waals surface area contributed by atoms with Crippen molar-refractivity contribution in [3.05, 3.63) is 163 Å². The Morgan fingerprint density at radius 1 is 0.736 bits per heavy atom. The topological polar surface area (TPSA) is 38.9 Å². The van der Waals surface area contributed by atoms with Gasteiger partial charge in [0.1, 0.15) is 5.58 Å². The molecule has 1 radical (unpaired) electrons. The number of nitrogens with zero attached hydrogens (tertiary/aromatic N) is 2. The minimum atomic E-state index is -2.19. The van der Waals surface area contributed by atoms with Crippen LogP contribution in [0.15, 0.2) is 138 Å². The number of pyridine rings is 2. The molecule has 1 aliphatic rings. The fourth-order valence-corrected chi connectivity index (χ4v) is 8.13. The molecule has 8 aromatic rings. The van der Waals surface area contributed by atoms with E-state index < -0.39 is 14.9 Å². The standard InChI is InChI=1S/C27H20NO.C21H22NSi.Ir/c1-2-7-18(8-3-1)20-13-14-22-23-11-6-12-24(27(23)29-25(22)17-20)26-21-10-5-4-9-19(21)15-16-28-26;1-16-10-11-18(14-20(16)17-8-6-5-7-9-17)21-13-12-19(15-22-21)23(2,3)4;/h1-3,6-8,11,13-17H,4-5,9-10H2;5-10,12-15H,1-4H3;/q2*-1;/i;1D3;. The summed E-state index contributed by atoms with van der Waals surface area (Å²) >= 11 is 0. The third-order valence-electron chi connectivity index (χ3n) is 9.99. The smallest absolute Gasteiger partial charge is 0.121 e. The second kappa shape index (κ2) is 15.6. The Morgan fingerprint density at radius 3 is 2.25 bits per heavy atom. The van der Waals surface area contributed by atoms with Gasteiger partial charge >= 0.3 is 0 Å². The maximum Gasteiger partial charge on any atom is 0.121 e. The van der Waals surface area contributed by atoms with Gasteiger partial charge in [-0.3, -0.25) is 0 Å². The third kappa shape index (κ3) is 7.61. The van der Waals surface area contributed by atoms with Crippen LogP contribution in [0.5, 0.6) is 0 Å². The summed E-state index contributed by atoms with van der Waals surface area (Å²) in [6, 6.07) is 46.9. The number of fused-ring (bicyclic) bond motifs is 4. The van der Waals surface area contributed by atoms with Crippen LogP contribution in [0, 0.1) is 19.0 Å². The van der Waals surface area contributed by atoms with Gasteiger partial charge in [0.15, 0.2) is 0 Å². The van der Waals surface area contributed by atoms with Crippen LogP contribution in [-0.4, -0.2) is 18.0 Å². The summed E-state index contributed by atoms with van der Waals surface area (Å²) in [5.74, 6) is 0. The van der Waals surface area contributed by atoms with E-state index in [0.29, 0.717) is 11.1 Å². The van der Waals surface area contributed by atoms with E-state index in [9.17, 15) is 0 Å². The SMILES string of the molecule is [2H]C([2H])([2H])c1c[c-]c(-c2ccc([Si](C)(C)C)cn2)cc1-c1ccccc1.[Ir].[c-]1ccc2c(oc3cc(-c4ccccc4)ccc32)c1-c1nccc2c1CCCC2. The fourth-order valence-electron chi connectivity index (χ4n) is 7.10. The van der Waals surface area contributed by atoms with Crippen molar-refractivity contribution in [2.24, 2.45) is 0 Å². The molecule has 0 unspecified atom stereocenters. The summed E-state index contributed by atoms with van der Waals surface area (Å²) in [7, 11) is -1.40. The first-order valence-electron chi connectivity index (χ1n) is 19.5. The van der Waals surface area contributed by atoms with Gasteiger partial charge in [-0.15, -0.1) is 47.5 Å². The summed E-state index contributed by atoms with van der Waals surface area (Å²) in [5.41, 5.74) is 12.5. The number of hydrogen-bond acceptors (Lipinski definition) is 3. The normalized spacial score (nSPS) is 13.5. The average molecular weight is 886 g/mol. The van der Waals surface area contributed by atoms with Crippen molar-refractivity contribution in [3.63, 3.8) is 0 Å². The predicted octanol–water partition coefficient (Wildman–Crippen LogP) is 12.1. The van der Waals surface area contributed by atoms with Crippen molar-refractivity contribution >= 4 is 35.2 Å². The van der Waals surface area contributed by atoms with Crippen molar-refractivity contribution in [1.82, 2.24) is 9.97 Å². The van der Waals surface area contributed by atoms with Gasteiger partial charge in [0.25, 0.3) is 0 Å². The molecule has 0 aliphatic heterocycles. The van der Waals surface area contributed by atoms with Gasteiger partial charge in [-0.25, -0.2) is 0 Å². The van der Waals surface area contributed by atoms with E-state index in [1.165, 1.54) is 34.7 Å². The number of rotatable bonds is 5. The summed E-state index contributed by atoms with van der Waals surface area (Å²) in [5, 5.41) is 3.56. The first-order chi connectivity index (χ1) is 26.5. The summed E-state index contributed by atoms with van der Waals surface area (Å²) in [6.45, 7) is 4.67. The summed E-state index contributed by atoms with van der Waals surface area (Å²) < 4.78 is 29.9. The van der Waals surface area contributed by atoms with Gasteiger partial charge in [0, 0.05) is 42.0 Å². The molecule has 5 heteroatoms. The van der Waals surface area contributed by atoms with Crippen molar-refractivity contribution < 1.29 is 28.6 Å². The van der Waals surface area contributed by atoms with E-state index in [-0.39, 0.29) is 20.1 Å². The molecule has 1 aliphatic carbocycles. The van der Waals surface area contributed by atoms with Crippen LogP contribution >= 0.6 is 0 Å². The zero-order chi connectivity index (χ0) is 38.2. The minimum absolute atomic E-state index is 0. The molecule has 0 N–H and O–H groups in total. The maximum atomic E-state index is 7.84. The number of aromatic nitrogens is 2. The first kappa shape index (κ1) is 32.7. The second-order valence-electron chi connectivity index (χ2n) is 14.5. The largest absolute Gasteiger partial charge is 0.501 e. The van der Waals surface area contributed by atoms with Gasteiger partial charge in [-0.1, -0.05) is 139 Å². The molecule has 3 heterocycles. The molecule has 0 fully saturated rings. The van der Waals surface area contributed by atoms with Crippen LogP contribution in [-0.2, 0) is 32.9 Å². The molecule has 0 atom stereocenters. The fraction of sp³-hybridized carbons (Fsp3) is 0.167. The molecule has 0 amide bonds. The number of furan rings is 1. The molecule has 265 valence electrons. The van der Waals surface area contributed by atoms with Crippen LogP contribution in [0.1, 0.15) is 33.6 Å². The van der Waals surface area contributed by atoms with E-state index in [2.05, 4.69) is 97.4 Å². The molecule has 3 aromatic heterocycles. The Hall–Kier alpha value is -4.93. The van der Waals surface area contributed by atoms with Gasteiger partial charge in [0.2, 0.25) is 0 Å². The molecule has 0 bridgehead atoms. The third-order valence-corrected chi connectivity index (χ3v) is 12.0. The maximum absolute atomic E-state index is 7.84. The first-order valence-corrected chi connectivity index (χ1v) is 21.5. The van der Waals surface area contributed by atoms with Gasteiger partial charge in [0.05, 0.1) is 13.7 Å². The molecule has 53 heavy (non-hydrogen) atoms. The predicted molar refractivity (Wildman–Crippen MR) is 220 cm³/mol. The van der Waals surface area contributed by atoms with Crippen LogP contribution in [0.3, 0.4) is 0 Å². The van der Waals surface area contributed by atoms with Crippen molar-refractivity contribution in [2.75, 3.05) is 0 Å². The molecule has 0 spiro atoms. The Kier molecular flexibility index (Phi) is 9.61. The van der Waals surface area contributed by atoms with E-state index >= 15 is 0 Å². The van der Waals surface area contributed by atoms with Crippen LogP contribution < -0.4 is 5.19 Å². The van der Waals surface area contributed by atoms with E-state index in [0.717, 1.165) is 68.4 Å².